The van der Waals surface area contributed by atoms with Crippen LogP contribution in [0.3, 0.4) is 0 Å². The molecule has 0 atom stereocenters. The minimum atomic E-state index is -0.503. The van der Waals surface area contributed by atoms with Crippen molar-refractivity contribution in [2.45, 2.75) is 66.5 Å². The highest BCUT2D eigenvalue weighted by Crippen LogP contribution is 2.30. The molecule has 0 aliphatic carbocycles. The number of aromatic amines is 1. The minimum Gasteiger partial charge on any atom is -0.444 e. The summed E-state index contributed by atoms with van der Waals surface area (Å²) in [5, 5.41) is 3.35. The van der Waals surface area contributed by atoms with E-state index in [2.05, 4.69) is 15.2 Å². The highest BCUT2D eigenvalue weighted by Gasteiger charge is 2.28. The lowest BCUT2D eigenvalue weighted by Gasteiger charge is -2.35. The van der Waals surface area contributed by atoms with Crippen molar-refractivity contribution in [3.63, 3.8) is 0 Å². The van der Waals surface area contributed by atoms with E-state index < -0.39 is 5.60 Å². The Bertz CT molecular complexity index is 1210. The van der Waals surface area contributed by atoms with Gasteiger partial charge in [0.25, 0.3) is 11.5 Å². The number of hydrogen-bond acceptors (Lipinski definition) is 5. The molecule has 2 heterocycles. The van der Waals surface area contributed by atoms with Crippen molar-refractivity contribution in [1.29, 1.82) is 0 Å². The molecule has 2 aromatic rings. The number of piperidine rings is 1. The molecule has 2 amide bonds. The van der Waals surface area contributed by atoms with Crippen molar-refractivity contribution in [3.8, 4) is 0 Å². The Balaban J connectivity index is 1.65. The van der Waals surface area contributed by atoms with E-state index >= 15 is 0 Å². The van der Waals surface area contributed by atoms with Crippen LogP contribution in [-0.2, 0) is 11.3 Å². The van der Waals surface area contributed by atoms with Crippen molar-refractivity contribution in [1.82, 2.24) is 15.2 Å². The number of anilines is 1. The molecule has 0 radical (unpaired) electrons. The number of nitrogens with one attached hydrogen (secondary N) is 2. The maximum atomic E-state index is 13.1. The lowest BCUT2D eigenvalue weighted by Crippen LogP contribution is -2.43. The summed E-state index contributed by atoms with van der Waals surface area (Å²) < 4.78 is 5.50. The quantitative estimate of drug-likeness (QED) is 0.550. The molecule has 202 valence electrons. The zero-order chi connectivity index (χ0) is 27.5. The number of likely N-dealkylation sites (tertiary alicyclic amines) is 1. The fourth-order valence-corrected chi connectivity index (χ4v) is 4.98. The zero-order valence-corrected chi connectivity index (χ0v) is 23.7. The average molecular weight is 531 g/mol. The molecular weight excluding hydrogens is 492 g/mol. The number of benzene rings is 1. The molecule has 1 aromatic carbocycles. The molecule has 0 bridgehead atoms. The summed E-state index contributed by atoms with van der Waals surface area (Å²) in [5.74, 6) is 0.121. The van der Waals surface area contributed by atoms with Gasteiger partial charge in [-0.3, -0.25) is 9.59 Å². The van der Waals surface area contributed by atoms with E-state index in [9.17, 15) is 14.4 Å². The summed E-state index contributed by atoms with van der Waals surface area (Å²) in [4.78, 5) is 44.5. The van der Waals surface area contributed by atoms with Gasteiger partial charge in [0.15, 0.2) is 0 Å². The summed E-state index contributed by atoms with van der Waals surface area (Å²) in [6.45, 7) is 13.4. The van der Waals surface area contributed by atoms with Gasteiger partial charge in [-0.05, 0) is 89.6 Å². The fourth-order valence-electron chi connectivity index (χ4n) is 4.77. The molecule has 37 heavy (non-hydrogen) atoms. The van der Waals surface area contributed by atoms with Gasteiger partial charge in [-0.25, -0.2) is 4.79 Å². The number of nitrogens with zero attached hydrogens (tertiary/aromatic N) is 2. The predicted octanol–water partition coefficient (Wildman–Crippen LogP) is 4.97. The number of aryl methyl sites for hydroxylation is 2. The Morgan fingerprint density at radius 1 is 1.16 bits per heavy atom. The second kappa shape index (κ2) is 11.6. The Morgan fingerprint density at radius 2 is 1.81 bits per heavy atom. The van der Waals surface area contributed by atoms with E-state index in [1.165, 1.54) is 0 Å². The monoisotopic (exact) mass is 530 g/mol. The minimum absolute atomic E-state index is 0.133. The van der Waals surface area contributed by atoms with E-state index in [4.69, 9.17) is 16.3 Å². The molecule has 1 aliphatic rings. The predicted molar refractivity (Wildman–Crippen MR) is 148 cm³/mol. The van der Waals surface area contributed by atoms with Crippen LogP contribution in [0.25, 0.3) is 0 Å². The number of amides is 2. The normalized spacial score (nSPS) is 14.4. The lowest BCUT2D eigenvalue weighted by molar-refractivity contribution is 0.0186. The van der Waals surface area contributed by atoms with Gasteiger partial charge < -0.3 is 24.8 Å². The first-order chi connectivity index (χ1) is 17.2. The summed E-state index contributed by atoms with van der Waals surface area (Å²) in [7, 11) is 2.00. The molecule has 0 saturated carbocycles. The van der Waals surface area contributed by atoms with E-state index in [1.807, 2.05) is 60.7 Å². The third-order valence-electron chi connectivity index (χ3n) is 6.72. The molecule has 0 spiro atoms. The fraction of sp³-hybridized carbons (Fsp3) is 0.536. The first-order valence-electron chi connectivity index (χ1n) is 12.7. The Hall–Kier alpha value is -3.00. The average Bonchev–Trinajstić information content (AvgIpc) is 2.78. The number of carbonyl (C=O) groups excluding carboxylic acids is 2. The Kier molecular flexibility index (Phi) is 8.95. The van der Waals surface area contributed by atoms with Crippen LogP contribution in [0.1, 0.15) is 66.4 Å². The van der Waals surface area contributed by atoms with Gasteiger partial charge in [-0.1, -0.05) is 11.6 Å². The van der Waals surface area contributed by atoms with Crippen LogP contribution in [-0.4, -0.2) is 54.2 Å². The number of hydrogen-bond donors (Lipinski definition) is 2. The number of ether oxygens (including phenoxy) is 1. The molecule has 0 unspecified atom stereocenters. The second-order valence-corrected chi connectivity index (χ2v) is 11.5. The van der Waals surface area contributed by atoms with E-state index in [0.717, 1.165) is 41.9 Å². The highest BCUT2D eigenvalue weighted by atomic mass is 35.5. The number of halogens is 1. The molecule has 8 nitrogen and oxygen atoms in total. The Morgan fingerprint density at radius 3 is 2.41 bits per heavy atom. The number of pyridine rings is 1. The number of H-pyrrole nitrogens is 1. The summed E-state index contributed by atoms with van der Waals surface area (Å²) in [5.41, 5.74) is 3.65. The van der Waals surface area contributed by atoms with Gasteiger partial charge in [0.05, 0.1) is 0 Å². The summed E-state index contributed by atoms with van der Waals surface area (Å²) >= 11 is 6.42. The Labute approximate surface area is 224 Å². The van der Waals surface area contributed by atoms with Gasteiger partial charge in [0, 0.05) is 60.8 Å². The van der Waals surface area contributed by atoms with Gasteiger partial charge in [-0.15, -0.1) is 0 Å². The van der Waals surface area contributed by atoms with Crippen molar-refractivity contribution in [2.75, 3.05) is 31.6 Å². The smallest absolute Gasteiger partial charge is 0.410 e. The topological polar surface area (TPSA) is 94.7 Å². The molecule has 1 fully saturated rings. The van der Waals surface area contributed by atoms with Crippen molar-refractivity contribution in [3.05, 3.63) is 61.5 Å². The molecule has 1 aromatic heterocycles. The lowest BCUT2D eigenvalue weighted by atomic mass is 9.95. The third kappa shape index (κ3) is 7.51. The van der Waals surface area contributed by atoms with Gasteiger partial charge in [-0.2, -0.15) is 0 Å². The van der Waals surface area contributed by atoms with E-state index in [1.54, 1.807) is 11.0 Å². The number of rotatable bonds is 6. The van der Waals surface area contributed by atoms with Crippen molar-refractivity contribution in [2.24, 2.45) is 5.92 Å². The van der Waals surface area contributed by atoms with E-state index in [-0.39, 0.29) is 24.1 Å². The SMILES string of the molecule is Cc1cc(C)c(CNC(=O)c2cc(Cl)cc(N(C)CC3CCN(C(=O)OC(C)(C)C)CC3)c2C)c(=O)[nH]1. The van der Waals surface area contributed by atoms with Crippen LogP contribution in [0.2, 0.25) is 5.02 Å². The highest BCUT2D eigenvalue weighted by molar-refractivity contribution is 6.31. The van der Waals surface area contributed by atoms with Crippen molar-refractivity contribution < 1.29 is 14.3 Å². The van der Waals surface area contributed by atoms with Crippen molar-refractivity contribution >= 4 is 29.3 Å². The third-order valence-corrected chi connectivity index (χ3v) is 6.94. The van der Waals surface area contributed by atoms with Crippen LogP contribution in [0.4, 0.5) is 10.5 Å². The molecular formula is C28H39ClN4O4. The molecule has 2 N–H and O–H groups in total. The van der Waals surface area contributed by atoms with Crippen LogP contribution in [0, 0.1) is 26.7 Å². The molecule has 3 rings (SSSR count). The van der Waals surface area contributed by atoms with Crippen LogP contribution in [0.5, 0.6) is 0 Å². The zero-order valence-electron chi connectivity index (χ0n) is 23.0. The second-order valence-electron chi connectivity index (χ2n) is 11.0. The number of aromatic nitrogens is 1. The molecule has 1 aliphatic heterocycles. The van der Waals surface area contributed by atoms with E-state index in [0.29, 0.717) is 35.2 Å². The van der Waals surface area contributed by atoms with Crippen LogP contribution < -0.4 is 15.8 Å². The van der Waals surface area contributed by atoms with Crippen LogP contribution in [0.15, 0.2) is 23.0 Å². The van der Waals surface area contributed by atoms with Gasteiger partial charge >= 0.3 is 6.09 Å². The first-order valence-corrected chi connectivity index (χ1v) is 13.1. The molecule has 1 saturated heterocycles. The largest absolute Gasteiger partial charge is 0.444 e. The van der Waals surface area contributed by atoms with Gasteiger partial charge in [0.2, 0.25) is 0 Å². The first kappa shape index (κ1) is 28.6. The standard InChI is InChI=1S/C28H39ClN4O4/c1-17-12-18(2)31-26(35)23(17)15-30-25(34)22-13-21(29)14-24(19(22)3)32(7)16-20-8-10-33(11-9-20)27(36)37-28(4,5)6/h12-14,20H,8-11,15-16H2,1-7H3,(H,30,34)(H,31,35). The maximum Gasteiger partial charge on any atom is 0.410 e. The maximum absolute atomic E-state index is 13.1. The van der Waals surface area contributed by atoms with Gasteiger partial charge in [0.1, 0.15) is 5.60 Å². The summed E-state index contributed by atoms with van der Waals surface area (Å²) in [6, 6.07) is 5.42. The van der Waals surface area contributed by atoms with Crippen LogP contribution >= 0.6 is 11.6 Å². The summed E-state index contributed by atoms with van der Waals surface area (Å²) in [6.07, 6.45) is 1.49. The molecule has 9 heteroatoms. The number of carbonyl (C=O) groups is 2.